The summed E-state index contributed by atoms with van der Waals surface area (Å²) < 4.78 is 33.9. The molecule has 1 saturated heterocycles. The van der Waals surface area contributed by atoms with Crippen LogP contribution in [0, 0.1) is 0 Å². The van der Waals surface area contributed by atoms with E-state index in [1.165, 1.54) is 13.8 Å². The number of unbranched alkanes of at least 4 members (excludes halogenated alkanes) is 2. The number of hydrogen-bond acceptors (Lipinski definition) is 8. The Hall–Kier alpha value is -1.22. The van der Waals surface area contributed by atoms with Crippen molar-refractivity contribution in [3.8, 4) is 0 Å². The highest BCUT2D eigenvalue weighted by molar-refractivity contribution is 5.67. The maximum Gasteiger partial charge on any atom is 0.305 e. The van der Waals surface area contributed by atoms with Crippen LogP contribution in [0.5, 0.6) is 0 Å². The zero-order chi connectivity index (χ0) is 20.3. The Labute approximate surface area is 161 Å². The van der Waals surface area contributed by atoms with Gasteiger partial charge in [0, 0.05) is 34.2 Å². The highest BCUT2D eigenvalue weighted by Crippen LogP contribution is 2.37. The Bertz CT molecular complexity index is 455. The molecule has 4 atom stereocenters. The molecule has 1 aliphatic rings. The van der Waals surface area contributed by atoms with Crippen molar-refractivity contribution in [2.24, 2.45) is 0 Å². The number of hydrogen-bond donors (Lipinski definition) is 0. The van der Waals surface area contributed by atoms with Gasteiger partial charge in [0.1, 0.15) is 11.7 Å². The molecule has 0 amide bonds. The third-order valence-corrected chi connectivity index (χ3v) is 4.19. The van der Waals surface area contributed by atoms with Crippen molar-refractivity contribution in [3.63, 3.8) is 0 Å². The third kappa shape index (κ3) is 7.37. The van der Waals surface area contributed by atoms with E-state index in [1.54, 1.807) is 7.11 Å². The van der Waals surface area contributed by atoms with Gasteiger partial charge in [0.25, 0.3) is 0 Å². The highest BCUT2D eigenvalue weighted by atomic mass is 16.8. The molecule has 0 saturated carbocycles. The van der Waals surface area contributed by atoms with E-state index in [1.807, 2.05) is 0 Å². The van der Waals surface area contributed by atoms with Crippen LogP contribution in [0.15, 0.2) is 0 Å². The number of methoxy groups -OCH3 is 1. The summed E-state index contributed by atoms with van der Waals surface area (Å²) in [4.78, 5) is 23.2. The lowest BCUT2D eigenvalue weighted by Gasteiger charge is -2.33. The number of rotatable bonds is 13. The van der Waals surface area contributed by atoms with Crippen LogP contribution in [0.3, 0.4) is 0 Å². The Balaban J connectivity index is 3.09. The minimum Gasteiger partial charge on any atom is -0.453 e. The molecule has 0 aromatic heterocycles. The maximum absolute atomic E-state index is 11.6. The number of carbonyl (C=O) groups excluding carboxylic acids is 2. The molecule has 0 bridgehead atoms. The first-order valence-corrected chi connectivity index (χ1v) is 9.60. The second kappa shape index (κ2) is 12.3. The topological polar surface area (TPSA) is 89.5 Å². The van der Waals surface area contributed by atoms with E-state index in [0.717, 1.165) is 25.7 Å². The molecule has 8 nitrogen and oxygen atoms in total. The van der Waals surface area contributed by atoms with Gasteiger partial charge in [-0.3, -0.25) is 9.59 Å². The Morgan fingerprint density at radius 3 is 2.15 bits per heavy atom. The van der Waals surface area contributed by atoms with E-state index >= 15 is 0 Å². The van der Waals surface area contributed by atoms with E-state index in [0.29, 0.717) is 13.2 Å². The van der Waals surface area contributed by atoms with E-state index in [2.05, 4.69) is 13.8 Å². The van der Waals surface area contributed by atoms with Gasteiger partial charge in [-0.2, -0.15) is 0 Å². The van der Waals surface area contributed by atoms with Crippen LogP contribution in [0.4, 0.5) is 0 Å². The molecule has 1 aliphatic heterocycles. The molecule has 0 aromatic rings. The van der Waals surface area contributed by atoms with E-state index in [-0.39, 0.29) is 13.2 Å². The lowest BCUT2D eigenvalue weighted by molar-refractivity contribution is -0.219. The van der Waals surface area contributed by atoms with E-state index in [4.69, 9.17) is 28.4 Å². The average molecular weight is 390 g/mol. The van der Waals surface area contributed by atoms with Gasteiger partial charge >= 0.3 is 11.9 Å². The van der Waals surface area contributed by atoms with Crippen LogP contribution >= 0.6 is 0 Å². The first kappa shape index (κ1) is 23.8. The van der Waals surface area contributed by atoms with Crippen LogP contribution in [-0.2, 0) is 38.0 Å². The lowest BCUT2D eigenvalue weighted by atomic mass is 9.96. The summed E-state index contributed by atoms with van der Waals surface area (Å²) in [6.45, 7) is 8.02. The normalized spacial score (nSPS) is 27.5. The molecule has 8 heteroatoms. The van der Waals surface area contributed by atoms with E-state index in [9.17, 15) is 9.59 Å². The smallest absolute Gasteiger partial charge is 0.305 e. The molecule has 1 fully saturated rings. The van der Waals surface area contributed by atoms with Crippen LogP contribution in [-0.4, -0.2) is 69.6 Å². The van der Waals surface area contributed by atoms with Gasteiger partial charge in [-0.25, -0.2) is 0 Å². The van der Waals surface area contributed by atoms with Crippen LogP contribution in [0.25, 0.3) is 0 Å². The zero-order valence-electron chi connectivity index (χ0n) is 17.2. The monoisotopic (exact) mass is 390 g/mol. The predicted molar refractivity (Wildman–Crippen MR) is 97.2 cm³/mol. The first-order chi connectivity index (χ1) is 12.9. The highest BCUT2D eigenvalue weighted by Gasteiger charge is 2.59. The summed E-state index contributed by atoms with van der Waals surface area (Å²) in [5.41, 5.74) is -1.05. The molecule has 0 spiro atoms. The zero-order valence-corrected chi connectivity index (χ0v) is 17.2. The number of carbonyl (C=O) groups is 2. The Morgan fingerprint density at radius 1 is 0.963 bits per heavy atom. The minimum atomic E-state index is -1.08. The summed E-state index contributed by atoms with van der Waals surface area (Å²) in [7, 11) is 1.54. The SMILES string of the molecule is CCCCOC[C@]1(COC)OC(OC(C)=O)[C@@H](OC(C)=O)C1OCCCC. The molecule has 158 valence electrons. The third-order valence-electron chi connectivity index (χ3n) is 4.19. The summed E-state index contributed by atoms with van der Waals surface area (Å²) in [5, 5.41) is 0. The van der Waals surface area contributed by atoms with Gasteiger partial charge in [-0.1, -0.05) is 26.7 Å². The molecule has 2 unspecified atom stereocenters. The van der Waals surface area contributed by atoms with Crippen LogP contribution in [0.2, 0.25) is 0 Å². The first-order valence-electron chi connectivity index (χ1n) is 9.60. The average Bonchev–Trinajstić information content (AvgIpc) is 2.85. The summed E-state index contributed by atoms with van der Waals surface area (Å²) in [6, 6.07) is 0. The summed E-state index contributed by atoms with van der Waals surface area (Å²) >= 11 is 0. The Kier molecular flexibility index (Phi) is 10.8. The molecular formula is C19H34O8. The van der Waals surface area contributed by atoms with Gasteiger partial charge in [0.05, 0.1) is 13.2 Å². The van der Waals surface area contributed by atoms with Gasteiger partial charge in [-0.05, 0) is 12.8 Å². The van der Waals surface area contributed by atoms with Crippen molar-refractivity contribution >= 4 is 11.9 Å². The molecule has 1 heterocycles. The van der Waals surface area contributed by atoms with Crippen LogP contribution < -0.4 is 0 Å². The predicted octanol–water partition coefficient (Wildman–Crippen LogP) is 2.22. The molecule has 0 N–H and O–H groups in total. The van der Waals surface area contributed by atoms with Gasteiger partial charge in [0.2, 0.25) is 6.29 Å². The number of ether oxygens (including phenoxy) is 6. The lowest BCUT2D eigenvalue weighted by Crippen LogP contribution is -2.52. The van der Waals surface area contributed by atoms with Crippen molar-refractivity contribution in [2.45, 2.75) is 77.5 Å². The summed E-state index contributed by atoms with van der Waals surface area (Å²) in [6.07, 6.45) is 1.03. The number of esters is 2. The molecule has 0 aliphatic carbocycles. The molecule has 0 aromatic carbocycles. The fourth-order valence-electron chi connectivity index (χ4n) is 2.98. The van der Waals surface area contributed by atoms with Crippen molar-refractivity contribution in [2.75, 3.05) is 33.5 Å². The second-order valence-corrected chi connectivity index (χ2v) is 6.72. The van der Waals surface area contributed by atoms with Gasteiger partial charge in [0.15, 0.2) is 6.10 Å². The Morgan fingerprint density at radius 2 is 1.59 bits per heavy atom. The fourth-order valence-corrected chi connectivity index (χ4v) is 2.98. The quantitative estimate of drug-likeness (QED) is 0.349. The van der Waals surface area contributed by atoms with Crippen molar-refractivity contribution < 1.29 is 38.0 Å². The second-order valence-electron chi connectivity index (χ2n) is 6.72. The maximum atomic E-state index is 11.6. The molecule has 1 rings (SSSR count). The summed E-state index contributed by atoms with van der Waals surface area (Å²) in [5.74, 6) is -1.05. The molecular weight excluding hydrogens is 356 g/mol. The van der Waals surface area contributed by atoms with Crippen molar-refractivity contribution in [1.82, 2.24) is 0 Å². The minimum absolute atomic E-state index is 0.144. The standard InChI is InChI=1S/C19H34O8/c1-6-8-10-23-13-19(12-22-5)17(24-11-9-7-2)16(25-14(3)20)18(27-19)26-15(4)21/h16-18H,6-13H2,1-5H3/t16-,17?,18?,19-/m0/s1. The van der Waals surface area contributed by atoms with Gasteiger partial charge < -0.3 is 28.4 Å². The van der Waals surface area contributed by atoms with E-state index < -0.39 is 36.0 Å². The van der Waals surface area contributed by atoms with Gasteiger partial charge in [-0.15, -0.1) is 0 Å². The molecule has 27 heavy (non-hydrogen) atoms. The largest absolute Gasteiger partial charge is 0.453 e. The van der Waals surface area contributed by atoms with Crippen molar-refractivity contribution in [1.29, 1.82) is 0 Å². The molecule has 0 radical (unpaired) electrons. The fraction of sp³-hybridized carbons (Fsp3) is 0.895. The van der Waals surface area contributed by atoms with Crippen LogP contribution in [0.1, 0.15) is 53.4 Å². The van der Waals surface area contributed by atoms with Crippen molar-refractivity contribution in [3.05, 3.63) is 0 Å².